The summed E-state index contributed by atoms with van der Waals surface area (Å²) in [6.07, 6.45) is 4.11. The van der Waals surface area contributed by atoms with Gasteiger partial charge in [0.25, 0.3) is 0 Å². The third-order valence-corrected chi connectivity index (χ3v) is 3.50. The summed E-state index contributed by atoms with van der Waals surface area (Å²) >= 11 is 12.1. The van der Waals surface area contributed by atoms with Crippen LogP contribution in [0.1, 0.15) is 17.5 Å². The van der Waals surface area contributed by atoms with Gasteiger partial charge in [0.05, 0.1) is 16.6 Å². The van der Waals surface area contributed by atoms with Crippen LogP contribution in [0, 0.1) is 11.5 Å². The number of hydrogen-bond donors (Lipinski definition) is 0. The number of nitriles is 1. The summed E-state index contributed by atoms with van der Waals surface area (Å²) in [5.74, 6) is 0. The molecule has 0 N–H and O–H groups in total. The first kappa shape index (κ1) is 10.6. The molecule has 78 valence electrons. The summed E-state index contributed by atoms with van der Waals surface area (Å²) in [7, 11) is 0. The van der Waals surface area contributed by atoms with E-state index in [1.165, 1.54) is 5.56 Å². The third kappa shape index (κ3) is 2.04. The minimum Gasteiger partial charge on any atom is -0.306 e. The highest BCUT2D eigenvalue weighted by Gasteiger charge is 2.17. The highest BCUT2D eigenvalue weighted by Crippen LogP contribution is 2.31. The van der Waals surface area contributed by atoms with E-state index in [1.807, 2.05) is 12.1 Å². The maximum Gasteiger partial charge on any atom is 0.179 e. The third-order valence-electron chi connectivity index (χ3n) is 2.66. The first-order valence-corrected chi connectivity index (χ1v) is 5.58. The van der Waals surface area contributed by atoms with Crippen molar-refractivity contribution in [3.8, 4) is 6.19 Å². The second-order valence-electron chi connectivity index (χ2n) is 3.62. The molecule has 0 amide bonds. The lowest BCUT2D eigenvalue weighted by atomic mass is 10.0. The number of rotatable bonds is 0. The van der Waals surface area contributed by atoms with Crippen LogP contribution >= 0.6 is 23.2 Å². The number of fused-ring (bicyclic) bond motifs is 1. The van der Waals surface area contributed by atoms with Crippen LogP contribution in [0.2, 0.25) is 10.0 Å². The van der Waals surface area contributed by atoms with Gasteiger partial charge in [0, 0.05) is 6.54 Å². The summed E-state index contributed by atoms with van der Waals surface area (Å²) in [4.78, 5) is 1.72. The minimum atomic E-state index is 0.565. The van der Waals surface area contributed by atoms with Gasteiger partial charge in [0.2, 0.25) is 0 Å². The largest absolute Gasteiger partial charge is 0.306 e. The smallest absolute Gasteiger partial charge is 0.179 e. The molecule has 0 unspecified atom stereocenters. The van der Waals surface area contributed by atoms with E-state index < -0.39 is 0 Å². The molecule has 1 aliphatic heterocycles. The monoisotopic (exact) mass is 240 g/mol. The van der Waals surface area contributed by atoms with Crippen LogP contribution in [0.3, 0.4) is 0 Å². The Bertz CT molecular complexity index is 423. The summed E-state index contributed by atoms with van der Waals surface area (Å²) in [6.45, 7) is 1.37. The fraction of sp³-hybridized carbons (Fsp3) is 0.364. The van der Waals surface area contributed by atoms with Crippen LogP contribution in [0.5, 0.6) is 0 Å². The second kappa shape index (κ2) is 4.30. The molecule has 1 aromatic carbocycles. The molecular formula is C11H10Cl2N2. The Labute approximate surface area is 99.0 Å². The molecule has 0 atom stereocenters. The maximum atomic E-state index is 8.90. The second-order valence-corrected chi connectivity index (χ2v) is 4.41. The molecule has 1 heterocycles. The molecule has 0 saturated carbocycles. The topological polar surface area (TPSA) is 27.0 Å². The predicted octanol–water partition coefficient (Wildman–Crippen LogP) is 3.22. The van der Waals surface area contributed by atoms with E-state index >= 15 is 0 Å². The standard InChI is InChI=1S/C11H10Cl2N2/c12-10-4-3-8-2-1-5-15(7-14)6-9(8)11(10)13/h3-4H,1-2,5-6H2. The first-order chi connectivity index (χ1) is 7.22. The average Bonchev–Trinajstić information content (AvgIpc) is 2.45. The summed E-state index contributed by atoms with van der Waals surface area (Å²) in [5.41, 5.74) is 2.21. The SMILES string of the molecule is N#CN1CCCc2ccc(Cl)c(Cl)c2C1. The molecule has 0 radical (unpaired) electrons. The Morgan fingerprint density at radius 2 is 2.13 bits per heavy atom. The molecular weight excluding hydrogens is 231 g/mol. The lowest BCUT2D eigenvalue weighted by Gasteiger charge is -2.14. The van der Waals surface area contributed by atoms with Crippen molar-refractivity contribution >= 4 is 23.2 Å². The lowest BCUT2D eigenvalue weighted by Crippen LogP contribution is -2.16. The average molecular weight is 241 g/mol. The highest BCUT2D eigenvalue weighted by atomic mass is 35.5. The molecule has 0 fully saturated rings. The molecule has 0 aromatic heterocycles. The Morgan fingerprint density at radius 1 is 1.33 bits per heavy atom. The van der Waals surface area contributed by atoms with Gasteiger partial charge in [-0.1, -0.05) is 29.3 Å². The molecule has 2 nitrogen and oxygen atoms in total. The van der Waals surface area contributed by atoms with Crippen molar-refractivity contribution in [2.75, 3.05) is 6.54 Å². The van der Waals surface area contributed by atoms with Crippen LogP contribution in [-0.4, -0.2) is 11.4 Å². The van der Waals surface area contributed by atoms with Crippen LogP contribution < -0.4 is 0 Å². The molecule has 0 bridgehead atoms. The molecule has 0 aliphatic carbocycles. The molecule has 1 aromatic rings. The zero-order valence-electron chi connectivity index (χ0n) is 8.13. The number of halogens is 2. The van der Waals surface area contributed by atoms with Gasteiger partial charge in [0.1, 0.15) is 0 Å². The van der Waals surface area contributed by atoms with E-state index in [9.17, 15) is 0 Å². The van der Waals surface area contributed by atoms with Gasteiger partial charge in [-0.25, -0.2) is 0 Å². The Hall–Kier alpha value is -0.910. The van der Waals surface area contributed by atoms with Gasteiger partial charge in [-0.15, -0.1) is 0 Å². The van der Waals surface area contributed by atoms with Crippen molar-refractivity contribution in [2.24, 2.45) is 0 Å². The van der Waals surface area contributed by atoms with E-state index in [2.05, 4.69) is 6.19 Å². The fourth-order valence-electron chi connectivity index (χ4n) is 1.85. The van der Waals surface area contributed by atoms with Crippen LogP contribution in [-0.2, 0) is 13.0 Å². The predicted molar refractivity (Wildman–Crippen MR) is 60.8 cm³/mol. The summed E-state index contributed by atoms with van der Waals surface area (Å²) in [6, 6.07) is 3.83. The van der Waals surface area contributed by atoms with E-state index in [-0.39, 0.29) is 0 Å². The summed E-state index contributed by atoms with van der Waals surface area (Å²) in [5, 5.41) is 10.1. The van der Waals surface area contributed by atoms with Crippen molar-refractivity contribution in [1.29, 1.82) is 5.26 Å². The van der Waals surface area contributed by atoms with Crippen molar-refractivity contribution in [1.82, 2.24) is 4.90 Å². The van der Waals surface area contributed by atoms with E-state index in [0.717, 1.165) is 24.9 Å². The van der Waals surface area contributed by atoms with Gasteiger partial charge < -0.3 is 4.90 Å². The Kier molecular flexibility index (Phi) is 3.04. The highest BCUT2D eigenvalue weighted by molar-refractivity contribution is 6.42. The van der Waals surface area contributed by atoms with Gasteiger partial charge in [-0.2, -0.15) is 5.26 Å². The van der Waals surface area contributed by atoms with Crippen LogP contribution in [0.15, 0.2) is 12.1 Å². The van der Waals surface area contributed by atoms with Gasteiger partial charge >= 0.3 is 0 Å². The molecule has 0 saturated heterocycles. The van der Waals surface area contributed by atoms with Crippen molar-refractivity contribution in [2.45, 2.75) is 19.4 Å². The zero-order valence-corrected chi connectivity index (χ0v) is 9.65. The fourth-order valence-corrected chi connectivity index (χ4v) is 2.27. The van der Waals surface area contributed by atoms with Crippen LogP contribution in [0.25, 0.3) is 0 Å². The number of nitrogens with zero attached hydrogens (tertiary/aromatic N) is 2. The number of hydrogen-bond acceptors (Lipinski definition) is 2. The Balaban J connectivity index is 2.45. The van der Waals surface area contributed by atoms with Crippen molar-refractivity contribution in [3.63, 3.8) is 0 Å². The maximum absolute atomic E-state index is 8.90. The minimum absolute atomic E-state index is 0.565. The van der Waals surface area contributed by atoms with Crippen molar-refractivity contribution < 1.29 is 0 Å². The van der Waals surface area contributed by atoms with Crippen molar-refractivity contribution in [3.05, 3.63) is 33.3 Å². The van der Waals surface area contributed by atoms with E-state index in [0.29, 0.717) is 16.6 Å². The number of aryl methyl sites for hydroxylation is 1. The van der Waals surface area contributed by atoms with Gasteiger partial charge in [-0.05, 0) is 30.0 Å². The summed E-state index contributed by atoms with van der Waals surface area (Å²) < 4.78 is 0. The molecule has 1 aliphatic rings. The molecule has 0 spiro atoms. The number of benzene rings is 1. The quantitative estimate of drug-likeness (QED) is 0.652. The molecule has 15 heavy (non-hydrogen) atoms. The zero-order chi connectivity index (χ0) is 10.8. The van der Waals surface area contributed by atoms with Crippen LogP contribution in [0.4, 0.5) is 0 Å². The Morgan fingerprint density at radius 3 is 2.87 bits per heavy atom. The normalized spacial score (nSPS) is 15.4. The van der Waals surface area contributed by atoms with E-state index in [4.69, 9.17) is 28.5 Å². The lowest BCUT2D eigenvalue weighted by molar-refractivity contribution is 0.390. The first-order valence-electron chi connectivity index (χ1n) is 4.83. The molecule has 2 rings (SSSR count). The molecule has 4 heteroatoms. The van der Waals surface area contributed by atoms with E-state index in [1.54, 1.807) is 4.90 Å². The van der Waals surface area contributed by atoms with Gasteiger partial charge in [-0.3, -0.25) is 0 Å². The van der Waals surface area contributed by atoms with Gasteiger partial charge in [0.15, 0.2) is 6.19 Å².